The van der Waals surface area contributed by atoms with Gasteiger partial charge in [-0.1, -0.05) is 0 Å². The highest BCUT2D eigenvalue weighted by Crippen LogP contribution is 2.37. The molecule has 2 atom stereocenters. The number of phenolic OH excluding ortho intramolecular Hbond substituents is 1. The molecule has 0 bridgehead atoms. The molecule has 0 aromatic heterocycles. The van der Waals surface area contributed by atoms with E-state index in [-0.39, 0.29) is 16.9 Å². The van der Waals surface area contributed by atoms with Crippen LogP contribution < -0.4 is 0 Å². The molecule has 9 heteroatoms. The number of halogens is 1. The fraction of sp³-hybridized carbons (Fsp3) is 0.364. The average Bonchev–Trinajstić information content (AvgIpc) is 2.44. The SMILES string of the molecule is COC(=O)c1ccc(O)cc1C(O)C(Br)(CO)[N+](=O)[O-]. The van der Waals surface area contributed by atoms with Crippen molar-refractivity contribution in [3.05, 3.63) is 39.4 Å². The molecule has 110 valence electrons. The summed E-state index contributed by atoms with van der Waals surface area (Å²) in [7, 11) is 1.10. The van der Waals surface area contributed by atoms with Crippen LogP contribution in [0.5, 0.6) is 5.75 Å². The average molecular weight is 350 g/mol. The summed E-state index contributed by atoms with van der Waals surface area (Å²) in [6.45, 7) is -1.03. The van der Waals surface area contributed by atoms with Gasteiger partial charge in [0.05, 0.1) is 12.7 Å². The quantitative estimate of drug-likeness (QED) is 0.233. The van der Waals surface area contributed by atoms with Crippen LogP contribution in [-0.4, -0.2) is 44.4 Å². The van der Waals surface area contributed by atoms with Gasteiger partial charge in [-0.25, -0.2) is 4.79 Å². The third-order valence-electron chi connectivity index (χ3n) is 2.68. The standard InChI is InChI=1S/C11H12BrNO7/c1-20-10(17)7-3-2-6(15)4-8(7)9(16)11(12,5-14)13(18)19/h2-4,9,14-16H,5H2,1H3. The lowest BCUT2D eigenvalue weighted by Crippen LogP contribution is -2.42. The van der Waals surface area contributed by atoms with Crippen LogP contribution >= 0.6 is 15.9 Å². The summed E-state index contributed by atoms with van der Waals surface area (Å²) >= 11 is 2.65. The predicted molar refractivity (Wildman–Crippen MR) is 70.1 cm³/mol. The first kappa shape index (κ1) is 16.3. The molecule has 0 aliphatic carbocycles. The van der Waals surface area contributed by atoms with Crippen LogP contribution in [0.15, 0.2) is 18.2 Å². The van der Waals surface area contributed by atoms with Crippen LogP contribution in [0, 0.1) is 10.1 Å². The second kappa shape index (κ2) is 6.16. The van der Waals surface area contributed by atoms with E-state index < -0.39 is 28.1 Å². The zero-order valence-corrected chi connectivity index (χ0v) is 11.9. The van der Waals surface area contributed by atoms with E-state index >= 15 is 0 Å². The van der Waals surface area contributed by atoms with E-state index in [9.17, 15) is 25.1 Å². The van der Waals surface area contributed by atoms with Crippen LogP contribution in [0.4, 0.5) is 0 Å². The number of esters is 1. The molecule has 20 heavy (non-hydrogen) atoms. The second-order valence-electron chi connectivity index (χ2n) is 3.90. The molecule has 0 aliphatic rings. The Balaban J connectivity index is 3.40. The number of nitro groups is 1. The van der Waals surface area contributed by atoms with Crippen molar-refractivity contribution in [1.82, 2.24) is 0 Å². The van der Waals surface area contributed by atoms with Crippen molar-refractivity contribution in [2.45, 2.75) is 10.6 Å². The zero-order chi connectivity index (χ0) is 15.5. The molecule has 0 spiro atoms. The first-order valence-corrected chi connectivity index (χ1v) is 6.10. The molecular weight excluding hydrogens is 338 g/mol. The largest absolute Gasteiger partial charge is 0.508 e. The number of carbonyl (C=O) groups excluding carboxylic acids is 1. The Hall–Kier alpha value is -1.71. The number of hydrogen-bond acceptors (Lipinski definition) is 7. The predicted octanol–water partition coefficient (Wildman–Crippen LogP) is 0.572. The number of ether oxygens (including phenoxy) is 1. The first-order chi connectivity index (χ1) is 9.27. The van der Waals surface area contributed by atoms with Gasteiger partial charge in [0.25, 0.3) is 0 Å². The Morgan fingerprint density at radius 1 is 1.60 bits per heavy atom. The number of aliphatic hydroxyl groups excluding tert-OH is 2. The summed E-state index contributed by atoms with van der Waals surface area (Å²) in [5, 5.41) is 39.6. The molecule has 8 nitrogen and oxygen atoms in total. The lowest BCUT2D eigenvalue weighted by molar-refractivity contribution is -0.552. The molecule has 0 saturated carbocycles. The van der Waals surface area contributed by atoms with Crippen LogP contribution in [0.1, 0.15) is 22.0 Å². The lowest BCUT2D eigenvalue weighted by Gasteiger charge is -2.24. The van der Waals surface area contributed by atoms with Gasteiger partial charge in [-0.15, -0.1) is 0 Å². The third kappa shape index (κ3) is 2.89. The van der Waals surface area contributed by atoms with E-state index in [0.717, 1.165) is 19.2 Å². The second-order valence-corrected chi connectivity index (χ2v) is 5.27. The monoisotopic (exact) mass is 349 g/mol. The topological polar surface area (TPSA) is 130 Å². The van der Waals surface area contributed by atoms with E-state index in [0.29, 0.717) is 0 Å². The zero-order valence-electron chi connectivity index (χ0n) is 10.3. The number of rotatable bonds is 5. The molecule has 2 unspecified atom stereocenters. The van der Waals surface area contributed by atoms with Gasteiger partial charge < -0.3 is 20.1 Å². The van der Waals surface area contributed by atoms with Gasteiger partial charge in [-0.05, 0) is 18.2 Å². The summed E-state index contributed by atoms with van der Waals surface area (Å²) in [5.41, 5.74) is -0.392. The number of methoxy groups -OCH3 is 1. The molecule has 0 aliphatic heterocycles. The maximum atomic E-state index is 11.6. The Morgan fingerprint density at radius 3 is 2.65 bits per heavy atom. The van der Waals surface area contributed by atoms with E-state index in [4.69, 9.17) is 5.11 Å². The van der Waals surface area contributed by atoms with E-state index in [1.807, 2.05) is 0 Å². The van der Waals surface area contributed by atoms with E-state index in [1.54, 1.807) is 0 Å². The number of nitrogens with zero attached hydrogens (tertiary/aromatic N) is 1. The number of benzene rings is 1. The maximum absolute atomic E-state index is 11.6. The Labute approximate surface area is 121 Å². The van der Waals surface area contributed by atoms with Gasteiger partial charge in [-0.3, -0.25) is 10.1 Å². The minimum atomic E-state index is -2.30. The number of aliphatic hydroxyl groups is 2. The number of carbonyl (C=O) groups is 1. The normalized spacial score (nSPS) is 15.2. The Morgan fingerprint density at radius 2 is 2.20 bits per heavy atom. The molecule has 1 rings (SSSR count). The smallest absolute Gasteiger partial charge is 0.338 e. The first-order valence-electron chi connectivity index (χ1n) is 5.31. The molecule has 1 aromatic carbocycles. The third-order valence-corrected chi connectivity index (χ3v) is 3.65. The van der Waals surface area contributed by atoms with Crippen molar-refractivity contribution in [2.24, 2.45) is 0 Å². The number of phenols is 1. The van der Waals surface area contributed by atoms with Gasteiger partial charge in [0, 0.05) is 26.4 Å². The Bertz CT molecular complexity index is 536. The van der Waals surface area contributed by atoms with Crippen molar-refractivity contribution in [2.75, 3.05) is 13.7 Å². The highest BCUT2D eigenvalue weighted by atomic mass is 79.9. The van der Waals surface area contributed by atoms with Gasteiger partial charge in [0.2, 0.25) is 0 Å². The minimum absolute atomic E-state index is 0.156. The summed E-state index contributed by atoms with van der Waals surface area (Å²) in [5.74, 6) is -1.14. The van der Waals surface area contributed by atoms with Crippen molar-refractivity contribution >= 4 is 21.9 Å². The minimum Gasteiger partial charge on any atom is -0.508 e. The lowest BCUT2D eigenvalue weighted by atomic mass is 9.97. The van der Waals surface area contributed by atoms with Crippen LogP contribution in [0.2, 0.25) is 0 Å². The van der Waals surface area contributed by atoms with Crippen molar-refractivity contribution < 1.29 is 29.8 Å². The van der Waals surface area contributed by atoms with Crippen LogP contribution in [0.3, 0.4) is 0 Å². The van der Waals surface area contributed by atoms with Gasteiger partial charge in [0.1, 0.15) is 12.4 Å². The van der Waals surface area contributed by atoms with E-state index in [1.165, 1.54) is 6.07 Å². The summed E-state index contributed by atoms with van der Waals surface area (Å²) < 4.78 is 2.19. The summed E-state index contributed by atoms with van der Waals surface area (Å²) in [6, 6.07) is 3.32. The van der Waals surface area contributed by atoms with E-state index in [2.05, 4.69) is 20.7 Å². The fourth-order valence-corrected chi connectivity index (χ4v) is 1.80. The van der Waals surface area contributed by atoms with Crippen molar-refractivity contribution in [3.8, 4) is 5.75 Å². The van der Waals surface area contributed by atoms with Crippen molar-refractivity contribution in [3.63, 3.8) is 0 Å². The molecular formula is C11H12BrNO7. The summed E-state index contributed by atoms with van der Waals surface area (Å²) in [4.78, 5) is 21.6. The molecule has 0 fully saturated rings. The van der Waals surface area contributed by atoms with Gasteiger partial charge in [0.15, 0.2) is 6.10 Å². The van der Waals surface area contributed by atoms with Crippen molar-refractivity contribution in [1.29, 1.82) is 0 Å². The number of aromatic hydroxyl groups is 1. The molecule has 0 amide bonds. The molecule has 1 aromatic rings. The highest BCUT2D eigenvalue weighted by molar-refractivity contribution is 9.10. The van der Waals surface area contributed by atoms with Gasteiger partial charge in [-0.2, -0.15) is 0 Å². The number of alkyl halides is 1. The Kier molecular flexibility index (Phi) is 5.03. The molecule has 0 saturated heterocycles. The highest BCUT2D eigenvalue weighted by Gasteiger charge is 2.49. The summed E-state index contributed by atoms with van der Waals surface area (Å²) in [6.07, 6.45) is -1.89. The van der Waals surface area contributed by atoms with Crippen LogP contribution in [-0.2, 0) is 4.74 Å². The molecule has 0 radical (unpaired) electrons. The molecule has 3 N–H and O–H groups in total. The fourth-order valence-electron chi connectivity index (χ4n) is 1.55. The maximum Gasteiger partial charge on any atom is 0.338 e. The van der Waals surface area contributed by atoms with Gasteiger partial charge >= 0.3 is 10.4 Å². The van der Waals surface area contributed by atoms with Crippen LogP contribution in [0.25, 0.3) is 0 Å². The number of hydrogen-bond donors (Lipinski definition) is 3. The molecule has 0 heterocycles.